The molecule has 1 heterocycles. The van der Waals surface area contributed by atoms with Gasteiger partial charge in [-0.25, -0.2) is 0 Å². The zero-order valence-electron chi connectivity index (χ0n) is 15.5. The van der Waals surface area contributed by atoms with E-state index < -0.39 is 6.10 Å². The Morgan fingerprint density at radius 1 is 1.44 bits per heavy atom. The second-order valence-corrected chi connectivity index (χ2v) is 6.94. The van der Waals surface area contributed by atoms with Crippen LogP contribution in [-0.2, 0) is 4.79 Å². The standard InChI is InChI=1S/C20H30N2O3/c1-15-7-9-22(10-8-15)14-18(23)13-21-20(24)11-16(2)17-5-4-6-19(12-17)25-3/h4-6,11-12,15,18,23H,7-10,13-14H2,1-3H3,(H,21,24)/b16-11+. The van der Waals surface area contributed by atoms with Crippen molar-refractivity contribution < 1.29 is 14.6 Å². The smallest absolute Gasteiger partial charge is 0.244 e. The van der Waals surface area contributed by atoms with Crippen LogP contribution in [0.1, 0.15) is 32.3 Å². The molecule has 1 fully saturated rings. The minimum absolute atomic E-state index is 0.188. The Morgan fingerprint density at radius 3 is 2.84 bits per heavy atom. The van der Waals surface area contributed by atoms with E-state index in [0.29, 0.717) is 6.54 Å². The number of piperidine rings is 1. The van der Waals surface area contributed by atoms with Crippen molar-refractivity contribution in [3.05, 3.63) is 35.9 Å². The summed E-state index contributed by atoms with van der Waals surface area (Å²) in [5, 5.41) is 12.9. The van der Waals surface area contributed by atoms with Gasteiger partial charge in [-0.3, -0.25) is 4.79 Å². The highest BCUT2D eigenvalue weighted by Crippen LogP contribution is 2.19. The molecule has 0 spiro atoms. The fourth-order valence-electron chi connectivity index (χ4n) is 3.02. The molecule has 1 aromatic carbocycles. The van der Waals surface area contributed by atoms with E-state index in [9.17, 15) is 9.90 Å². The summed E-state index contributed by atoms with van der Waals surface area (Å²) >= 11 is 0. The molecule has 2 rings (SSSR count). The monoisotopic (exact) mass is 346 g/mol. The maximum atomic E-state index is 12.1. The van der Waals surface area contributed by atoms with Crippen LogP contribution in [0.15, 0.2) is 30.3 Å². The lowest BCUT2D eigenvalue weighted by molar-refractivity contribution is -0.117. The lowest BCUT2D eigenvalue weighted by atomic mass is 9.99. The Bertz CT molecular complexity index is 592. The number of benzene rings is 1. The molecule has 1 unspecified atom stereocenters. The third kappa shape index (κ3) is 6.52. The van der Waals surface area contributed by atoms with Crippen molar-refractivity contribution in [3.63, 3.8) is 0 Å². The summed E-state index contributed by atoms with van der Waals surface area (Å²) in [5.41, 5.74) is 1.80. The topological polar surface area (TPSA) is 61.8 Å². The number of aliphatic hydroxyl groups excluding tert-OH is 1. The van der Waals surface area contributed by atoms with Gasteiger partial charge in [-0.15, -0.1) is 0 Å². The highest BCUT2D eigenvalue weighted by Gasteiger charge is 2.18. The summed E-state index contributed by atoms with van der Waals surface area (Å²) in [5.74, 6) is 1.35. The summed E-state index contributed by atoms with van der Waals surface area (Å²) in [6, 6.07) is 7.60. The molecule has 2 N–H and O–H groups in total. The van der Waals surface area contributed by atoms with Crippen LogP contribution in [0.5, 0.6) is 5.75 Å². The summed E-state index contributed by atoms with van der Waals surface area (Å²) < 4.78 is 5.20. The molecule has 1 amide bonds. The Labute approximate surface area is 150 Å². The predicted molar refractivity (Wildman–Crippen MR) is 100 cm³/mol. The molecule has 5 nitrogen and oxygen atoms in total. The zero-order chi connectivity index (χ0) is 18.2. The molecule has 1 saturated heterocycles. The molecule has 0 aromatic heterocycles. The highest BCUT2D eigenvalue weighted by molar-refractivity contribution is 5.94. The Morgan fingerprint density at radius 2 is 2.16 bits per heavy atom. The average molecular weight is 346 g/mol. The highest BCUT2D eigenvalue weighted by atomic mass is 16.5. The number of aliphatic hydroxyl groups is 1. The van der Waals surface area contributed by atoms with E-state index in [2.05, 4.69) is 17.1 Å². The van der Waals surface area contributed by atoms with Gasteiger partial charge in [-0.2, -0.15) is 0 Å². The number of hydrogen-bond donors (Lipinski definition) is 2. The van der Waals surface area contributed by atoms with Gasteiger partial charge in [0, 0.05) is 19.2 Å². The van der Waals surface area contributed by atoms with E-state index in [1.165, 1.54) is 12.8 Å². The first-order valence-electron chi connectivity index (χ1n) is 8.99. The van der Waals surface area contributed by atoms with Crippen molar-refractivity contribution in [3.8, 4) is 5.75 Å². The van der Waals surface area contributed by atoms with Gasteiger partial charge in [0.05, 0.1) is 13.2 Å². The molecule has 25 heavy (non-hydrogen) atoms. The van der Waals surface area contributed by atoms with Crippen molar-refractivity contribution in [2.24, 2.45) is 5.92 Å². The Hall–Kier alpha value is -1.85. The molecule has 0 bridgehead atoms. The molecule has 1 aliphatic rings. The Kier molecular flexibility index (Phi) is 7.47. The number of ether oxygens (including phenoxy) is 1. The van der Waals surface area contributed by atoms with Gasteiger partial charge in [-0.05, 0) is 62.0 Å². The third-order valence-corrected chi connectivity index (χ3v) is 4.73. The Balaban J connectivity index is 1.78. The van der Waals surface area contributed by atoms with Crippen molar-refractivity contribution in [1.82, 2.24) is 10.2 Å². The minimum Gasteiger partial charge on any atom is -0.497 e. The van der Waals surface area contributed by atoms with Crippen LogP contribution < -0.4 is 10.1 Å². The summed E-state index contributed by atoms with van der Waals surface area (Å²) in [6.45, 7) is 7.10. The number of carbonyl (C=O) groups excluding carboxylic acids is 1. The maximum Gasteiger partial charge on any atom is 0.244 e. The van der Waals surface area contributed by atoms with Crippen LogP contribution in [0.25, 0.3) is 5.57 Å². The molecule has 1 aromatic rings. The molecule has 138 valence electrons. The largest absolute Gasteiger partial charge is 0.497 e. The second-order valence-electron chi connectivity index (χ2n) is 6.94. The summed E-state index contributed by atoms with van der Waals surface area (Å²) in [6.07, 6.45) is 3.38. The molecule has 0 aliphatic carbocycles. The van der Waals surface area contributed by atoms with Crippen molar-refractivity contribution in [2.45, 2.75) is 32.8 Å². The van der Waals surface area contributed by atoms with Crippen molar-refractivity contribution in [2.75, 3.05) is 33.3 Å². The van der Waals surface area contributed by atoms with Crippen LogP contribution in [0, 0.1) is 5.92 Å². The van der Waals surface area contributed by atoms with Crippen LogP contribution in [0.2, 0.25) is 0 Å². The lowest BCUT2D eigenvalue weighted by Gasteiger charge is -2.31. The SMILES string of the molecule is COc1cccc(/C(C)=C/C(=O)NCC(O)CN2CCC(C)CC2)c1. The van der Waals surface area contributed by atoms with Gasteiger partial charge in [0.1, 0.15) is 5.75 Å². The lowest BCUT2D eigenvalue weighted by Crippen LogP contribution is -2.42. The number of allylic oxidation sites excluding steroid dienone is 1. The number of nitrogens with one attached hydrogen (secondary N) is 1. The normalized spacial score (nSPS) is 18.0. The van der Waals surface area contributed by atoms with Crippen LogP contribution in [0.4, 0.5) is 0 Å². The number of β-amino-alcohol motifs (C(OH)–C–C–N with tert-alkyl or cyclic N) is 1. The third-order valence-electron chi connectivity index (χ3n) is 4.73. The van der Waals surface area contributed by atoms with Gasteiger partial charge in [0.25, 0.3) is 0 Å². The zero-order valence-corrected chi connectivity index (χ0v) is 15.5. The van der Waals surface area contributed by atoms with Crippen LogP contribution >= 0.6 is 0 Å². The molecule has 5 heteroatoms. The first-order valence-corrected chi connectivity index (χ1v) is 8.99. The minimum atomic E-state index is -0.539. The second kappa shape index (κ2) is 9.59. The van der Waals surface area contributed by atoms with Crippen molar-refractivity contribution >= 4 is 11.5 Å². The fraction of sp³-hybridized carbons (Fsp3) is 0.550. The van der Waals surface area contributed by atoms with Crippen LogP contribution in [0.3, 0.4) is 0 Å². The molecular formula is C20H30N2O3. The van der Waals surface area contributed by atoms with Gasteiger partial charge in [0.2, 0.25) is 5.91 Å². The summed E-state index contributed by atoms with van der Waals surface area (Å²) in [4.78, 5) is 14.3. The van der Waals surface area contributed by atoms with E-state index in [1.807, 2.05) is 31.2 Å². The van der Waals surface area contributed by atoms with Gasteiger partial charge in [0.15, 0.2) is 0 Å². The van der Waals surface area contributed by atoms with E-state index in [4.69, 9.17) is 4.74 Å². The van der Waals surface area contributed by atoms with E-state index in [0.717, 1.165) is 35.9 Å². The average Bonchev–Trinajstić information content (AvgIpc) is 2.62. The van der Waals surface area contributed by atoms with E-state index >= 15 is 0 Å². The number of carbonyl (C=O) groups is 1. The summed E-state index contributed by atoms with van der Waals surface area (Å²) in [7, 11) is 1.62. The van der Waals surface area contributed by atoms with Gasteiger partial charge < -0.3 is 20.1 Å². The molecule has 1 aliphatic heterocycles. The number of hydrogen-bond acceptors (Lipinski definition) is 4. The van der Waals surface area contributed by atoms with Gasteiger partial charge >= 0.3 is 0 Å². The fourth-order valence-corrected chi connectivity index (χ4v) is 3.02. The van der Waals surface area contributed by atoms with E-state index in [-0.39, 0.29) is 12.5 Å². The quantitative estimate of drug-likeness (QED) is 0.744. The first kappa shape index (κ1) is 19.5. The number of likely N-dealkylation sites (tertiary alicyclic amines) is 1. The first-order chi connectivity index (χ1) is 12.0. The number of nitrogens with zero attached hydrogens (tertiary/aromatic N) is 1. The molecule has 0 radical (unpaired) electrons. The van der Waals surface area contributed by atoms with E-state index in [1.54, 1.807) is 13.2 Å². The number of methoxy groups -OCH3 is 1. The number of rotatable bonds is 7. The molecule has 0 saturated carbocycles. The maximum absolute atomic E-state index is 12.1. The van der Waals surface area contributed by atoms with Crippen molar-refractivity contribution in [1.29, 1.82) is 0 Å². The van der Waals surface area contributed by atoms with Gasteiger partial charge in [-0.1, -0.05) is 19.1 Å². The molecular weight excluding hydrogens is 316 g/mol. The van der Waals surface area contributed by atoms with Crippen LogP contribution in [-0.4, -0.2) is 55.3 Å². The molecule has 1 atom stereocenters. The number of amides is 1. The predicted octanol–water partition coefficient (Wildman–Crippen LogP) is 2.31.